The van der Waals surface area contributed by atoms with E-state index in [1.807, 2.05) is 24.3 Å². The number of benzene rings is 1. The number of hydrogen-bond donors (Lipinski definition) is 2. The second kappa shape index (κ2) is 4.26. The first kappa shape index (κ1) is 11.1. The van der Waals surface area contributed by atoms with Gasteiger partial charge in [-0.25, -0.2) is 0 Å². The van der Waals surface area contributed by atoms with Crippen molar-refractivity contribution in [2.45, 2.75) is 38.1 Å². The van der Waals surface area contributed by atoms with Crippen LogP contribution in [0.1, 0.15) is 38.2 Å². The topological polar surface area (TPSA) is 55.1 Å². The summed E-state index contributed by atoms with van der Waals surface area (Å²) in [5, 5.41) is 2.76. The highest BCUT2D eigenvalue weighted by molar-refractivity contribution is 5.88. The van der Waals surface area contributed by atoms with E-state index in [9.17, 15) is 4.79 Å². The average molecular weight is 218 g/mol. The number of hydrogen-bond acceptors (Lipinski definition) is 2. The number of nitrogens with two attached hydrogens (primary N) is 1. The van der Waals surface area contributed by atoms with E-state index in [4.69, 9.17) is 5.73 Å². The van der Waals surface area contributed by atoms with Crippen LogP contribution in [0.5, 0.6) is 0 Å². The molecule has 86 valence electrons. The van der Waals surface area contributed by atoms with Crippen molar-refractivity contribution >= 4 is 11.6 Å². The maximum Gasteiger partial charge on any atom is 0.221 e. The van der Waals surface area contributed by atoms with Crippen LogP contribution >= 0.6 is 0 Å². The SMILES string of the molecule is CC(=O)Nc1ccc(C2(N)CCCC2)cc1. The molecule has 1 aromatic rings. The molecule has 0 radical (unpaired) electrons. The molecule has 3 N–H and O–H groups in total. The van der Waals surface area contributed by atoms with E-state index in [0.717, 1.165) is 18.5 Å². The third-order valence-corrected chi connectivity index (χ3v) is 3.28. The molecule has 1 saturated carbocycles. The predicted molar refractivity (Wildman–Crippen MR) is 65.1 cm³/mol. The zero-order chi connectivity index (χ0) is 11.6. The second-order valence-corrected chi connectivity index (χ2v) is 4.62. The van der Waals surface area contributed by atoms with Gasteiger partial charge in [-0.15, -0.1) is 0 Å². The summed E-state index contributed by atoms with van der Waals surface area (Å²) >= 11 is 0. The summed E-state index contributed by atoms with van der Waals surface area (Å²) in [7, 11) is 0. The van der Waals surface area contributed by atoms with Crippen LogP contribution in [-0.4, -0.2) is 5.91 Å². The Labute approximate surface area is 96.0 Å². The van der Waals surface area contributed by atoms with Crippen LogP contribution in [0.2, 0.25) is 0 Å². The molecule has 0 heterocycles. The standard InChI is InChI=1S/C13H18N2O/c1-10(16)15-12-6-4-11(5-7-12)13(14)8-2-3-9-13/h4-7H,2-3,8-9,14H2,1H3,(H,15,16). The Bertz CT molecular complexity index is 377. The van der Waals surface area contributed by atoms with E-state index >= 15 is 0 Å². The monoisotopic (exact) mass is 218 g/mol. The first-order valence-corrected chi connectivity index (χ1v) is 5.77. The van der Waals surface area contributed by atoms with Gasteiger partial charge in [0.05, 0.1) is 0 Å². The molecule has 1 fully saturated rings. The molecule has 0 saturated heterocycles. The summed E-state index contributed by atoms with van der Waals surface area (Å²) < 4.78 is 0. The highest BCUT2D eigenvalue weighted by Gasteiger charge is 2.30. The quantitative estimate of drug-likeness (QED) is 0.800. The van der Waals surface area contributed by atoms with E-state index in [2.05, 4.69) is 5.32 Å². The maximum atomic E-state index is 10.9. The van der Waals surface area contributed by atoms with Crippen LogP contribution in [-0.2, 0) is 10.3 Å². The number of anilines is 1. The van der Waals surface area contributed by atoms with Gasteiger partial charge in [-0.3, -0.25) is 4.79 Å². The van der Waals surface area contributed by atoms with E-state index in [1.54, 1.807) is 0 Å². The van der Waals surface area contributed by atoms with Gasteiger partial charge < -0.3 is 11.1 Å². The molecular weight excluding hydrogens is 200 g/mol. The predicted octanol–water partition coefficient (Wildman–Crippen LogP) is 2.37. The average Bonchev–Trinajstić information content (AvgIpc) is 2.66. The Morgan fingerprint density at radius 2 is 1.81 bits per heavy atom. The molecular formula is C13H18N2O. The number of carbonyl (C=O) groups excluding carboxylic acids is 1. The van der Waals surface area contributed by atoms with E-state index in [1.165, 1.54) is 25.3 Å². The van der Waals surface area contributed by atoms with Gasteiger partial charge in [-0.2, -0.15) is 0 Å². The van der Waals surface area contributed by atoms with Gasteiger partial charge in [0.25, 0.3) is 0 Å². The fourth-order valence-electron chi connectivity index (χ4n) is 2.38. The lowest BCUT2D eigenvalue weighted by atomic mass is 9.89. The van der Waals surface area contributed by atoms with Crippen molar-refractivity contribution < 1.29 is 4.79 Å². The minimum absolute atomic E-state index is 0.0453. The van der Waals surface area contributed by atoms with Crippen LogP contribution in [0.4, 0.5) is 5.69 Å². The van der Waals surface area contributed by atoms with Gasteiger partial charge in [0.1, 0.15) is 0 Å². The Balaban J connectivity index is 2.15. The van der Waals surface area contributed by atoms with Crippen molar-refractivity contribution in [3.63, 3.8) is 0 Å². The van der Waals surface area contributed by atoms with Gasteiger partial charge in [-0.05, 0) is 30.5 Å². The third kappa shape index (κ3) is 2.25. The van der Waals surface area contributed by atoms with Crippen molar-refractivity contribution in [3.8, 4) is 0 Å². The van der Waals surface area contributed by atoms with Crippen molar-refractivity contribution in [2.75, 3.05) is 5.32 Å². The molecule has 16 heavy (non-hydrogen) atoms. The van der Waals surface area contributed by atoms with E-state index in [-0.39, 0.29) is 11.4 Å². The fraction of sp³-hybridized carbons (Fsp3) is 0.462. The Hall–Kier alpha value is -1.35. The zero-order valence-corrected chi connectivity index (χ0v) is 9.62. The van der Waals surface area contributed by atoms with Gasteiger partial charge in [0.2, 0.25) is 5.91 Å². The molecule has 0 unspecified atom stereocenters. The molecule has 2 rings (SSSR count). The van der Waals surface area contributed by atoms with Crippen LogP contribution in [0.3, 0.4) is 0 Å². The van der Waals surface area contributed by atoms with Crippen LogP contribution < -0.4 is 11.1 Å². The largest absolute Gasteiger partial charge is 0.326 e. The Morgan fingerprint density at radius 3 is 2.31 bits per heavy atom. The second-order valence-electron chi connectivity index (χ2n) is 4.62. The van der Waals surface area contributed by atoms with Crippen molar-refractivity contribution in [2.24, 2.45) is 5.73 Å². The van der Waals surface area contributed by atoms with E-state index < -0.39 is 0 Å². The lowest BCUT2D eigenvalue weighted by Crippen LogP contribution is -2.32. The lowest BCUT2D eigenvalue weighted by molar-refractivity contribution is -0.114. The zero-order valence-electron chi connectivity index (χ0n) is 9.62. The first-order valence-electron chi connectivity index (χ1n) is 5.77. The smallest absolute Gasteiger partial charge is 0.221 e. The highest BCUT2D eigenvalue weighted by Crippen LogP contribution is 2.36. The summed E-state index contributed by atoms with van der Waals surface area (Å²) in [6.07, 6.45) is 4.55. The fourth-order valence-corrected chi connectivity index (χ4v) is 2.38. The minimum atomic E-state index is -0.144. The molecule has 1 aromatic carbocycles. The molecule has 1 aliphatic carbocycles. The van der Waals surface area contributed by atoms with Gasteiger partial charge in [-0.1, -0.05) is 25.0 Å². The van der Waals surface area contributed by atoms with Crippen LogP contribution in [0, 0.1) is 0 Å². The van der Waals surface area contributed by atoms with Crippen molar-refractivity contribution in [3.05, 3.63) is 29.8 Å². The first-order chi connectivity index (χ1) is 7.60. The normalized spacial score (nSPS) is 18.4. The van der Waals surface area contributed by atoms with Gasteiger partial charge in [0, 0.05) is 18.2 Å². The molecule has 0 aliphatic heterocycles. The molecule has 0 aromatic heterocycles. The summed E-state index contributed by atoms with van der Waals surface area (Å²) in [5.41, 5.74) is 8.21. The summed E-state index contributed by atoms with van der Waals surface area (Å²) in [4.78, 5) is 10.9. The van der Waals surface area contributed by atoms with Crippen molar-refractivity contribution in [1.82, 2.24) is 0 Å². The highest BCUT2D eigenvalue weighted by atomic mass is 16.1. The van der Waals surface area contributed by atoms with E-state index in [0.29, 0.717) is 0 Å². The van der Waals surface area contributed by atoms with Gasteiger partial charge >= 0.3 is 0 Å². The minimum Gasteiger partial charge on any atom is -0.326 e. The molecule has 0 bridgehead atoms. The van der Waals surface area contributed by atoms with Crippen LogP contribution in [0.15, 0.2) is 24.3 Å². The molecule has 1 aliphatic rings. The number of nitrogens with one attached hydrogen (secondary N) is 1. The summed E-state index contributed by atoms with van der Waals surface area (Å²) in [6, 6.07) is 7.89. The summed E-state index contributed by atoms with van der Waals surface area (Å²) in [5.74, 6) is -0.0453. The van der Waals surface area contributed by atoms with Crippen molar-refractivity contribution in [1.29, 1.82) is 0 Å². The Kier molecular flexibility index (Phi) is 2.97. The number of amides is 1. The molecule has 3 heteroatoms. The van der Waals surface area contributed by atoms with Gasteiger partial charge in [0.15, 0.2) is 0 Å². The summed E-state index contributed by atoms with van der Waals surface area (Å²) in [6.45, 7) is 1.51. The third-order valence-electron chi connectivity index (χ3n) is 3.28. The van der Waals surface area contributed by atoms with Crippen LogP contribution in [0.25, 0.3) is 0 Å². The number of carbonyl (C=O) groups is 1. The lowest BCUT2D eigenvalue weighted by Gasteiger charge is -2.24. The molecule has 1 amide bonds. The Morgan fingerprint density at radius 1 is 1.25 bits per heavy atom. The molecule has 0 atom stereocenters. The molecule has 0 spiro atoms. The number of rotatable bonds is 2. The maximum absolute atomic E-state index is 10.9. The molecule has 3 nitrogen and oxygen atoms in total.